The molecule has 3 aromatic rings. The zero-order chi connectivity index (χ0) is 21.2. The lowest BCUT2D eigenvalue weighted by Gasteiger charge is -2.21. The van der Waals surface area contributed by atoms with Crippen LogP contribution < -0.4 is 10.1 Å². The number of fused-ring (bicyclic) bond motifs is 1. The van der Waals surface area contributed by atoms with E-state index in [1.54, 1.807) is 0 Å². The predicted molar refractivity (Wildman–Crippen MR) is 122 cm³/mol. The van der Waals surface area contributed by atoms with Crippen LogP contribution in [-0.2, 0) is 9.53 Å². The summed E-state index contributed by atoms with van der Waals surface area (Å²) in [5.41, 5.74) is 2.72. The first-order valence-electron chi connectivity index (χ1n) is 11.3. The highest BCUT2D eigenvalue weighted by molar-refractivity contribution is 5.86. The molecule has 1 aliphatic heterocycles. The number of carbonyl (C=O) groups is 1. The molecule has 0 spiro atoms. The van der Waals surface area contributed by atoms with E-state index < -0.39 is 6.10 Å². The minimum atomic E-state index is -0.457. The van der Waals surface area contributed by atoms with Crippen molar-refractivity contribution in [1.29, 1.82) is 0 Å². The largest absolute Gasteiger partial charge is 0.479 e. The van der Waals surface area contributed by atoms with Crippen molar-refractivity contribution in [3.05, 3.63) is 77.9 Å². The predicted octanol–water partition coefficient (Wildman–Crippen LogP) is 5.52. The van der Waals surface area contributed by atoms with Crippen LogP contribution in [0.3, 0.4) is 0 Å². The van der Waals surface area contributed by atoms with Crippen LogP contribution in [0.15, 0.2) is 66.7 Å². The molecule has 4 atom stereocenters. The van der Waals surface area contributed by atoms with Gasteiger partial charge < -0.3 is 14.8 Å². The number of ether oxygens (including phenoxy) is 2. The van der Waals surface area contributed by atoms with Gasteiger partial charge in [-0.15, -0.1) is 0 Å². The summed E-state index contributed by atoms with van der Waals surface area (Å²) < 4.78 is 10.7. The summed E-state index contributed by atoms with van der Waals surface area (Å²) in [6, 6.07) is 24.3. The van der Waals surface area contributed by atoms with Crippen LogP contribution in [-0.4, -0.2) is 24.7 Å². The summed E-state index contributed by atoms with van der Waals surface area (Å²) in [6.45, 7) is 2.73. The van der Waals surface area contributed by atoms with Crippen molar-refractivity contribution in [3.8, 4) is 5.75 Å². The Hall–Kier alpha value is -2.85. The molecule has 2 aliphatic rings. The fraction of sp³-hybridized carbons (Fsp3) is 0.370. The molecule has 4 heteroatoms. The van der Waals surface area contributed by atoms with Crippen LogP contribution >= 0.6 is 0 Å². The molecule has 0 bridgehead atoms. The van der Waals surface area contributed by atoms with Gasteiger partial charge in [-0.05, 0) is 66.1 Å². The van der Waals surface area contributed by atoms with E-state index in [2.05, 4.69) is 66.8 Å². The van der Waals surface area contributed by atoms with Crippen LogP contribution in [0.25, 0.3) is 10.8 Å². The standard InChI is InChI=1S/C27H29NO3/c1-18(24-8-4-6-20-5-2-3-7-25(20)24)28-22-12-9-21(17-22)19-10-13-23(14-11-19)31-26-15-16-30-27(26)29/h2-8,10-11,13-14,18,21-22,26,28H,9,12,15-17H2,1H3. The van der Waals surface area contributed by atoms with Crippen molar-refractivity contribution in [2.75, 3.05) is 6.61 Å². The van der Waals surface area contributed by atoms with Crippen LogP contribution in [0.2, 0.25) is 0 Å². The number of esters is 1. The topological polar surface area (TPSA) is 47.6 Å². The van der Waals surface area contributed by atoms with E-state index in [0.29, 0.717) is 31.0 Å². The van der Waals surface area contributed by atoms with Gasteiger partial charge in [-0.25, -0.2) is 4.79 Å². The first-order valence-corrected chi connectivity index (χ1v) is 11.3. The third-order valence-electron chi connectivity index (χ3n) is 6.73. The lowest BCUT2D eigenvalue weighted by molar-refractivity contribution is -0.143. The molecule has 1 saturated carbocycles. The maximum Gasteiger partial charge on any atom is 0.347 e. The molecular formula is C27H29NO3. The van der Waals surface area contributed by atoms with Crippen LogP contribution in [0.1, 0.15) is 55.7 Å². The number of hydrogen-bond donors (Lipinski definition) is 1. The van der Waals surface area contributed by atoms with Gasteiger partial charge >= 0.3 is 5.97 Å². The highest BCUT2D eigenvalue weighted by Gasteiger charge is 2.29. The number of nitrogens with one attached hydrogen (secondary N) is 1. The zero-order valence-corrected chi connectivity index (χ0v) is 17.9. The van der Waals surface area contributed by atoms with Gasteiger partial charge in [-0.1, -0.05) is 54.6 Å². The summed E-state index contributed by atoms with van der Waals surface area (Å²) in [6.07, 6.45) is 3.69. The normalized spacial score (nSPS) is 24.3. The second-order valence-corrected chi connectivity index (χ2v) is 8.80. The van der Waals surface area contributed by atoms with Gasteiger partial charge in [0.2, 0.25) is 0 Å². The van der Waals surface area contributed by atoms with Gasteiger partial charge in [-0.3, -0.25) is 0 Å². The molecule has 160 valence electrons. The molecular weight excluding hydrogens is 386 g/mol. The van der Waals surface area contributed by atoms with Crippen LogP contribution in [0, 0.1) is 0 Å². The Balaban J connectivity index is 1.20. The maximum absolute atomic E-state index is 11.6. The molecule has 1 saturated heterocycles. The molecule has 2 fully saturated rings. The highest BCUT2D eigenvalue weighted by Crippen LogP contribution is 2.36. The van der Waals surface area contributed by atoms with Gasteiger partial charge in [0.1, 0.15) is 5.75 Å². The molecule has 31 heavy (non-hydrogen) atoms. The van der Waals surface area contributed by atoms with Crippen molar-refractivity contribution in [2.24, 2.45) is 0 Å². The third kappa shape index (κ3) is 4.31. The average Bonchev–Trinajstić information content (AvgIpc) is 3.43. The van der Waals surface area contributed by atoms with E-state index >= 15 is 0 Å². The van der Waals surface area contributed by atoms with Crippen LogP contribution in [0.5, 0.6) is 5.75 Å². The lowest BCUT2D eigenvalue weighted by atomic mass is 9.96. The monoisotopic (exact) mass is 415 g/mol. The second kappa shape index (κ2) is 8.72. The molecule has 1 heterocycles. The molecule has 0 amide bonds. The van der Waals surface area contributed by atoms with Crippen molar-refractivity contribution < 1.29 is 14.3 Å². The minimum absolute atomic E-state index is 0.255. The van der Waals surface area contributed by atoms with Crippen LogP contribution in [0.4, 0.5) is 0 Å². The minimum Gasteiger partial charge on any atom is -0.479 e. The Kier molecular flexibility index (Phi) is 5.65. The van der Waals surface area contributed by atoms with E-state index in [1.165, 1.54) is 34.7 Å². The van der Waals surface area contributed by atoms with Gasteiger partial charge in [0, 0.05) is 18.5 Å². The van der Waals surface area contributed by atoms with Gasteiger partial charge in [0.25, 0.3) is 0 Å². The molecule has 1 aliphatic carbocycles. The van der Waals surface area contributed by atoms with Gasteiger partial charge in [0.15, 0.2) is 6.10 Å². The van der Waals surface area contributed by atoms with E-state index in [9.17, 15) is 4.79 Å². The number of cyclic esters (lactones) is 1. The zero-order valence-electron chi connectivity index (χ0n) is 17.9. The highest BCUT2D eigenvalue weighted by atomic mass is 16.6. The van der Waals surface area contributed by atoms with Crippen molar-refractivity contribution in [1.82, 2.24) is 5.32 Å². The summed E-state index contributed by atoms with van der Waals surface area (Å²) in [5.74, 6) is 1.04. The summed E-state index contributed by atoms with van der Waals surface area (Å²) in [4.78, 5) is 11.6. The van der Waals surface area contributed by atoms with Gasteiger partial charge in [-0.2, -0.15) is 0 Å². The Morgan fingerprint density at radius 3 is 2.58 bits per heavy atom. The molecule has 5 rings (SSSR count). The third-order valence-corrected chi connectivity index (χ3v) is 6.73. The summed E-state index contributed by atoms with van der Waals surface area (Å²) >= 11 is 0. The first kappa shape index (κ1) is 20.1. The van der Waals surface area contributed by atoms with Crippen molar-refractivity contribution >= 4 is 16.7 Å². The fourth-order valence-electron chi connectivity index (χ4n) is 5.07. The van der Waals surface area contributed by atoms with E-state index in [1.807, 2.05) is 12.1 Å². The Bertz CT molecular complexity index is 1060. The molecule has 4 unspecified atom stereocenters. The molecule has 1 N–H and O–H groups in total. The SMILES string of the molecule is CC(NC1CCC(c2ccc(OC3CCOC3=O)cc2)C1)c1cccc2ccccc12. The molecule has 4 nitrogen and oxygen atoms in total. The van der Waals surface area contributed by atoms with E-state index in [4.69, 9.17) is 9.47 Å². The lowest BCUT2D eigenvalue weighted by Crippen LogP contribution is -2.29. The maximum atomic E-state index is 11.6. The fourth-order valence-corrected chi connectivity index (χ4v) is 5.07. The first-order chi connectivity index (χ1) is 15.2. The number of benzene rings is 3. The summed E-state index contributed by atoms with van der Waals surface area (Å²) in [7, 11) is 0. The van der Waals surface area contributed by atoms with Gasteiger partial charge in [0.05, 0.1) is 6.61 Å². The molecule has 0 radical (unpaired) electrons. The second-order valence-electron chi connectivity index (χ2n) is 8.80. The van der Waals surface area contributed by atoms with E-state index in [-0.39, 0.29) is 5.97 Å². The van der Waals surface area contributed by atoms with E-state index in [0.717, 1.165) is 12.2 Å². The van der Waals surface area contributed by atoms with Crippen molar-refractivity contribution in [2.45, 2.75) is 56.7 Å². The number of carbonyl (C=O) groups excluding carboxylic acids is 1. The Morgan fingerprint density at radius 1 is 0.968 bits per heavy atom. The van der Waals surface area contributed by atoms with Crippen molar-refractivity contribution in [3.63, 3.8) is 0 Å². The number of hydrogen-bond acceptors (Lipinski definition) is 4. The molecule has 3 aromatic carbocycles. The summed E-state index contributed by atoms with van der Waals surface area (Å²) in [5, 5.41) is 6.51. The Labute approximate surface area is 183 Å². The molecule has 0 aromatic heterocycles. The smallest absolute Gasteiger partial charge is 0.347 e. The Morgan fingerprint density at radius 2 is 1.77 bits per heavy atom. The average molecular weight is 416 g/mol. The number of rotatable bonds is 6. The quantitative estimate of drug-likeness (QED) is 0.539.